The standard InChI is InChI=1S/C14H26N2O/c1-7-8-16-11(9-10(2)3)12(17)13(15-16)14(4,5)6/h10,17H,7-9H2,1-6H3. The summed E-state index contributed by atoms with van der Waals surface area (Å²) in [5.41, 5.74) is 1.71. The summed E-state index contributed by atoms with van der Waals surface area (Å²) in [5, 5.41) is 14.9. The Hall–Kier alpha value is -0.990. The van der Waals surface area contributed by atoms with Crippen molar-refractivity contribution in [2.24, 2.45) is 5.92 Å². The van der Waals surface area contributed by atoms with Crippen molar-refractivity contribution in [1.29, 1.82) is 0 Å². The molecule has 3 heteroatoms. The molecule has 0 amide bonds. The molecule has 1 rings (SSSR count). The van der Waals surface area contributed by atoms with Crippen molar-refractivity contribution in [3.05, 3.63) is 11.4 Å². The fraction of sp³-hybridized carbons (Fsp3) is 0.786. The van der Waals surface area contributed by atoms with Crippen LogP contribution in [0.15, 0.2) is 0 Å². The Balaban J connectivity index is 3.20. The van der Waals surface area contributed by atoms with E-state index in [0.29, 0.717) is 11.7 Å². The van der Waals surface area contributed by atoms with Gasteiger partial charge < -0.3 is 5.11 Å². The highest BCUT2D eigenvalue weighted by Crippen LogP contribution is 2.33. The molecule has 1 N–H and O–H groups in total. The van der Waals surface area contributed by atoms with Gasteiger partial charge in [0, 0.05) is 12.0 Å². The summed E-state index contributed by atoms with van der Waals surface area (Å²) in [6.45, 7) is 13.6. The van der Waals surface area contributed by atoms with E-state index in [4.69, 9.17) is 0 Å². The molecule has 0 saturated heterocycles. The van der Waals surface area contributed by atoms with Crippen LogP contribution in [0.25, 0.3) is 0 Å². The molecule has 0 atom stereocenters. The second kappa shape index (κ2) is 5.11. The van der Waals surface area contributed by atoms with Gasteiger partial charge in [-0.05, 0) is 18.8 Å². The van der Waals surface area contributed by atoms with E-state index in [1.807, 2.05) is 4.68 Å². The Morgan fingerprint density at radius 2 is 1.88 bits per heavy atom. The van der Waals surface area contributed by atoms with E-state index in [-0.39, 0.29) is 5.41 Å². The maximum Gasteiger partial charge on any atom is 0.160 e. The molecule has 0 unspecified atom stereocenters. The summed E-state index contributed by atoms with van der Waals surface area (Å²) in [7, 11) is 0. The smallest absolute Gasteiger partial charge is 0.160 e. The first-order valence-corrected chi connectivity index (χ1v) is 6.56. The molecule has 1 aromatic rings. The average molecular weight is 238 g/mol. The van der Waals surface area contributed by atoms with Gasteiger partial charge in [-0.25, -0.2) is 0 Å². The van der Waals surface area contributed by atoms with E-state index in [2.05, 4.69) is 46.6 Å². The molecule has 3 nitrogen and oxygen atoms in total. The van der Waals surface area contributed by atoms with Crippen LogP contribution in [-0.2, 0) is 18.4 Å². The molecule has 98 valence electrons. The third-order valence-corrected chi connectivity index (χ3v) is 2.78. The first kappa shape index (κ1) is 14.1. The summed E-state index contributed by atoms with van der Waals surface area (Å²) >= 11 is 0. The van der Waals surface area contributed by atoms with E-state index < -0.39 is 0 Å². The molecule has 17 heavy (non-hydrogen) atoms. The highest BCUT2D eigenvalue weighted by Gasteiger charge is 2.26. The highest BCUT2D eigenvalue weighted by molar-refractivity contribution is 5.36. The lowest BCUT2D eigenvalue weighted by atomic mass is 9.91. The maximum atomic E-state index is 10.3. The second-order valence-corrected chi connectivity index (χ2v) is 6.22. The number of aryl methyl sites for hydroxylation is 1. The molecule has 0 aliphatic heterocycles. The maximum absolute atomic E-state index is 10.3. The fourth-order valence-electron chi connectivity index (χ4n) is 1.98. The fourth-order valence-corrected chi connectivity index (χ4v) is 1.98. The third kappa shape index (κ3) is 3.24. The summed E-state index contributed by atoms with van der Waals surface area (Å²) in [6.07, 6.45) is 1.92. The lowest BCUT2D eigenvalue weighted by Crippen LogP contribution is -2.13. The minimum absolute atomic E-state index is 0.102. The molecule has 0 bridgehead atoms. The lowest BCUT2D eigenvalue weighted by molar-refractivity contribution is 0.434. The molecule has 1 aromatic heterocycles. The summed E-state index contributed by atoms with van der Waals surface area (Å²) in [6, 6.07) is 0. The van der Waals surface area contributed by atoms with Crippen LogP contribution in [0.2, 0.25) is 0 Å². The van der Waals surface area contributed by atoms with Crippen molar-refractivity contribution in [1.82, 2.24) is 9.78 Å². The van der Waals surface area contributed by atoms with Crippen molar-refractivity contribution >= 4 is 0 Å². The molecule has 1 heterocycles. The summed E-state index contributed by atoms with van der Waals surface area (Å²) in [4.78, 5) is 0. The van der Waals surface area contributed by atoms with Crippen molar-refractivity contribution in [3.63, 3.8) is 0 Å². The van der Waals surface area contributed by atoms with Crippen LogP contribution in [0.5, 0.6) is 5.75 Å². The highest BCUT2D eigenvalue weighted by atomic mass is 16.3. The Morgan fingerprint density at radius 1 is 1.29 bits per heavy atom. The SMILES string of the molecule is CCCn1nc(C(C)(C)C)c(O)c1CC(C)C. The number of hydrogen-bond donors (Lipinski definition) is 1. The molecular weight excluding hydrogens is 212 g/mol. The zero-order valence-electron chi connectivity index (χ0n) is 12.0. The Morgan fingerprint density at radius 3 is 2.29 bits per heavy atom. The minimum Gasteiger partial charge on any atom is -0.504 e. The predicted octanol–water partition coefficient (Wildman–Crippen LogP) is 3.49. The number of aromatic hydroxyl groups is 1. The van der Waals surface area contributed by atoms with Crippen LogP contribution < -0.4 is 0 Å². The molecule has 0 aromatic carbocycles. The zero-order valence-corrected chi connectivity index (χ0v) is 12.0. The largest absolute Gasteiger partial charge is 0.504 e. The Bertz CT molecular complexity index is 372. The van der Waals surface area contributed by atoms with E-state index in [0.717, 1.165) is 30.8 Å². The number of nitrogens with zero attached hydrogens (tertiary/aromatic N) is 2. The monoisotopic (exact) mass is 238 g/mol. The van der Waals surface area contributed by atoms with Gasteiger partial charge in [0.15, 0.2) is 5.75 Å². The Labute approximate surface area is 105 Å². The van der Waals surface area contributed by atoms with Gasteiger partial charge in [0.2, 0.25) is 0 Å². The van der Waals surface area contributed by atoms with E-state index in [1.165, 1.54) is 0 Å². The van der Waals surface area contributed by atoms with Gasteiger partial charge in [0.25, 0.3) is 0 Å². The van der Waals surface area contributed by atoms with Crippen LogP contribution >= 0.6 is 0 Å². The van der Waals surface area contributed by atoms with Gasteiger partial charge in [0.1, 0.15) is 5.69 Å². The van der Waals surface area contributed by atoms with Crippen molar-refractivity contribution in [3.8, 4) is 5.75 Å². The molecule has 0 saturated carbocycles. The minimum atomic E-state index is -0.102. The van der Waals surface area contributed by atoms with Crippen molar-refractivity contribution in [2.75, 3.05) is 0 Å². The van der Waals surface area contributed by atoms with Gasteiger partial charge in [-0.3, -0.25) is 4.68 Å². The zero-order chi connectivity index (χ0) is 13.2. The Kier molecular flexibility index (Phi) is 4.23. The van der Waals surface area contributed by atoms with Crippen LogP contribution in [0, 0.1) is 5.92 Å². The van der Waals surface area contributed by atoms with Crippen LogP contribution in [0.1, 0.15) is 59.4 Å². The molecule has 0 aliphatic rings. The van der Waals surface area contributed by atoms with Gasteiger partial charge >= 0.3 is 0 Å². The van der Waals surface area contributed by atoms with Gasteiger partial charge in [-0.2, -0.15) is 5.10 Å². The topological polar surface area (TPSA) is 38.0 Å². The molecule has 0 fully saturated rings. The normalized spacial score (nSPS) is 12.4. The van der Waals surface area contributed by atoms with E-state index in [9.17, 15) is 5.11 Å². The summed E-state index contributed by atoms with van der Waals surface area (Å²) in [5.74, 6) is 0.931. The number of rotatable bonds is 4. The summed E-state index contributed by atoms with van der Waals surface area (Å²) < 4.78 is 1.98. The van der Waals surface area contributed by atoms with Crippen molar-refractivity contribution < 1.29 is 5.11 Å². The van der Waals surface area contributed by atoms with E-state index >= 15 is 0 Å². The third-order valence-electron chi connectivity index (χ3n) is 2.78. The number of hydrogen-bond acceptors (Lipinski definition) is 2. The molecular formula is C14H26N2O. The van der Waals surface area contributed by atoms with Gasteiger partial charge in [-0.1, -0.05) is 41.5 Å². The predicted molar refractivity (Wildman–Crippen MR) is 71.4 cm³/mol. The molecule has 0 aliphatic carbocycles. The van der Waals surface area contributed by atoms with Gasteiger partial charge in [0.05, 0.1) is 5.69 Å². The van der Waals surface area contributed by atoms with Gasteiger partial charge in [-0.15, -0.1) is 0 Å². The van der Waals surface area contributed by atoms with Crippen LogP contribution in [-0.4, -0.2) is 14.9 Å². The molecule has 0 radical (unpaired) electrons. The first-order valence-electron chi connectivity index (χ1n) is 6.56. The number of aromatic nitrogens is 2. The lowest BCUT2D eigenvalue weighted by Gasteiger charge is -2.15. The first-order chi connectivity index (χ1) is 7.77. The second-order valence-electron chi connectivity index (χ2n) is 6.22. The quantitative estimate of drug-likeness (QED) is 0.872. The molecule has 0 spiro atoms. The average Bonchev–Trinajstić information content (AvgIpc) is 2.45. The van der Waals surface area contributed by atoms with Crippen LogP contribution in [0.4, 0.5) is 0 Å². The van der Waals surface area contributed by atoms with Crippen LogP contribution in [0.3, 0.4) is 0 Å². The van der Waals surface area contributed by atoms with Crippen molar-refractivity contribution in [2.45, 2.75) is 66.3 Å². The van der Waals surface area contributed by atoms with E-state index in [1.54, 1.807) is 0 Å².